The van der Waals surface area contributed by atoms with Gasteiger partial charge >= 0.3 is 0 Å². The zero-order chi connectivity index (χ0) is 11.2. The SMILES string of the molecule is Fc1csc(-c2sc(F)c(F)c2F)c1F. The average Bonchev–Trinajstić information content (AvgIpc) is 2.64. The summed E-state index contributed by atoms with van der Waals surface area (Å²) < 4.78 is 63.8. The minimum atomic E-state index is -1.66. The van der Waals surface area contributed by atoms with Crippen molar-refractivity contribution in [2.24, 2.45) is 0 Å². The maximum Gasteiger partial charge on any atom is 0.216 e. The highest BCUT2D eigenvalue weighted by molar-refractivity contribution is 7.20. The second kappa shape index (κ2) is 3.57. The molecule has 2 aromatic rings. The normalized spacial score (nSPS) is 11.0. The van der Waals surface area contributed by atoms with E-state index in [2.05, 4.69) is 0 Å². The lowest BCUT2D eigenvalue weighted by molar-refractivity contribution is 0.468. The van der Waals surface area contributed by atoms with Gasteiger partial charge in [-0.1, -0.05) is 11.3 Å². The van der Waals surface area contributed by atoms with Crippen molar-refractivity contribution < 1.29 is 22.0 Å². The molecule has 0 saturated carbocycles. The summed E-state index contributed by atoms with van der Waals surface area (Å²) in [6.45, 7) is 0. The maximum absolute atomic E-state index is 13.0. The summed E-state index contributed by atoms with van der Waals surface area (Å²) in [6.07, 6.45) is 0. The van der Waals surface area contributed by atoms with Gasteiger partial charge in [0.25, 0.3) is 0 Å². The molecular weight excluding hydrogens is 255 g/mol. The van der Waals surface area contributed by atoms with Crippen LogP contribution in [-0.2, 0) is 0 Å². The quantitative estimate of drug-likeness (QED) is 0.672. The van der Waals surface area contributed by atoms with Crippen LogP contribution in [0.15, 0.2) is 5.38 Å². The Kier molecular flexibility index (Phi) is 2.51. The van der Waals surface area contributed by atoms with Gasteiger partial charge in [-0.25, -0.2) is 13.2 Å². The van der Waals surface area contributed by atoms with E-state index in [4.69, 9.17) is 0 Å². The zero-order valence-corrected chi connectivity index (χ0v) is 8.42. The van der Waals surface area contributed by atoms with E-state index < -0.39 is 38.2 Å². The predicted octanol–water partition coefficient (Wildman–Crippen LogP) is 4.17. The monoisotopic (exact) mass is 256 g/mol. The Morgan fingerprint density at radius 1 is 0.800 bits per heavy atom. The van der Waals surface area contributed by atoms with Crippen molar-refractivity contribution in [1.29, 1.82) is 0 Å². The molecule has 7 heteroatoms. The summed E-state index contributed by atoms with van der Waals surface area (Å²) in [5.74, 6) is -5.61. The molecule has 0 amide bonds. The highest BCUT2D eigenvalue weighted by atomic mass is 32.1. The van der Waals surface area contributed by atoms with Gasteiger partial charge in [0.1, 0.15) is 0 Å². The third kappa shape index (κ3) is 1.55. The first kappa shape index (κ1) is 10.6. The van der Waals surface area contributed by atoms with Gasteiger partial charge in [-0.3, -0.25) is 0 Å². The van der Waals surface area contributed by atoms with Crippen molar-refractivity contribution >= 4 is 22.7 Å². The molecule has 0 saturated heterocycles. The van der Waals surface area contributed by atoms with Crippen molar-refractivity contribution in [1.82, 2.24) is 0 Å². The molecule has 0 aliphatic carbocycles. The topological polar surface area (TPSA) is 0 Å². The minimum absolute atomic E-state index is 0.109. The van der Waals surface area contributed by atoms with Crippen LogP contribution in [0.25, 0.3) is 9.75 Å². The Morgan fingerprint density at radius 2 is 1.47 bits per heavy atom. The van der Waals surface area contributed by atoms with Gasteiger partial charge in [0, 0.05) is 5.38 Å². The average molecular weight is 256 g/mol. The Bertz CT molecular complexity index is 513. The van der Waals surface area contributed by atoms with Crippen LogP contribution in [0.1, 0.15) is 0 Å². The Labute approximate surface area is 88.6 Å². The Balaban J connectivity index is 2.64. The lowest BCUT2D eigenvalue weighted by Crippen LogP contribution is -1.82. The van der Waals surface area contributed by atoms with E-state index in [-0.39, 0.29) is 11.3 Å². The van der Waals surface area contributed by atoms with Gasteiger partial charge in [-0.2, -0.15) is 8.78 Å². The van der Waals surface area contributed by atoms with Crippen molar-refractivity contribution in [3.05, 3.63) is 33.8 Å². The van der Waals surface area contributed by atoms with Gasteiger partial charge < -0.3 is 0 Å². The molecule has 0 N–H and O–H groups in total. The summed E-state index contributed by atoms with van der Waals surface area (Å²) in [7, 11) is 0. The first-order valence-corrected chi connectivity index (χ1v) is 5.28. The first-order chi connectivity index (χ1) is 7.02. The smallest absolute Gasteiger partial charge is 0.203 e. The molecule has 15 heavy (non-hydrogen) atoms. The number of halogens is 5. The second-order valence-electron chi connectivity index (χ2n) is 2.56. The van der Waals surface area contributed by atoms with Crippen molar-refractivity contribution in [3.63, 3.8) is 0 Å². The van der Waals surface area contributed by atoms with Crippen LogP contribution in [-0.4, -0.2) is 0 Å². The fraction of sp³-hybridized carbons (Fsp3) is 0. The van der Waals surface area contributed by atoms with E-state index in [0.717, 1.165) is 5.38 Å². The molecule has 0 aromatic carbocycles. The van der Waals surface area contributed by atoms with E-state index in [1.165, 1.54) is 0 Å². The summed E-state index contributed by atoms with van der Waals surface area (Å²) in [5, 5.41) is -0.574. The highest BCUT2D eigenvalue weighted by Crippen LogP contribution is 2.38. The molecule has 0 fully saturated rings. The van der Waals surface area contributed by atoms with Gasteiger partial charge in [-0.15, -0.1) is 11.3 Å². The van der Waals surface area contributed by atoms with E-state index in [0.29, 0.717) is 11.3 Å². The van der Waals surface area contributed by atoms with Crippen LogP contribution in [0.4, 0.5) is 22.0 Å². The molecule has 2 rings (SSSR count). The predicted molar refractivity (Wildman–Crippen MR) is 47.4 cm³/mol. The number of hydrogen-bond donors (Lipinski definition) is 0. The van der Waals surface area contributed by atoms with Crippen LogP contribution in [0.3, 0.4) is 0 Å². The van der Waals surface area contributed by atoms with Crippen LogP contribution < -0.4 is 0 Å². The summed E-state index contributed by atoms with van der Waals surface area (Å²) in [6, 6.07) is 0. The van der Waals surface area contributed by atoms with E-state index in [9.17, 15) is 22.0 Å². The van der Waals surface area contributed by atoms with Crippen molar-refractivity contribution in [2.75, 3.05) is 0 Å². The standard InChI is InChI=1S/C8HF5S2/c9-2-1-14-6(3(2)10)7-4(11)5(12)8(13)15-7/h1H. The van der Waals surface area contributed by atoms with Crippen LogP contribution in [0.2, 0.25) is 0 Å². The molecule has 2 heterocycles. The summed E-state index contributed by atoms with van der Waals surface area (Å²) >= 11 is 0.661. The fourth-order valence-electron chi connectivity index (χ4n) is 0.987. The molecule has 0 unspecified atom stereocenters. The Morgan fingerprint density at radius 3 is 1.87 bits per heavy atom. The molecule has 80 valence electrons. The lowest BCUT2D eigenvalue weighted by atomic mass is 10.3. The molecule has 0 aliphatic heterocycles. The molecule has 0 atom stereocenters. The van der Waals surface area contributed by atoms with E-state index in [1.54, 1.807) is 0 Å². The Hall–Kier alpha value is -0.950. The van der Waals surface area contributed by atoms with Gasteiger partial charge in [-0.05, 0) is 0 Å². The molecule has 0 bridgehead atoms. The molecule has 0 aliphatic rings. The second-order valence-corrected chi connectivity index (χ2v) is 4.41. The van der Waals surface area contributed by atoms with Gasteiger partial charge in [0.05, 0.1) is 9.75 Å². The van der Waals surface area contributed by atoms with E-state index >= 15 is 0 Å². The summed E-state index contributed by atoms with van der Waals surface area (Å²) in [5.41, 5.74) is 0. The van der Waals surface area contributed by atoms with Crippen molar-refractivity contribution in [3.8, 4) is 9.75 Å². The van der Waals surface area contributed by atoms with Crippen molar-refractivity contribution in [2.45, 2.75) is 0 Å². The largest absolute Gasteiger partial charge is 0.216 e. The molecule has 0 nitrogen and oxygen atoms in total. The molecule has 0 radical (unpaired) electrons. The molecule has 2 aromatic heterocycles. The van der Waals surface area contributed by atoms with Crippen LogP contribution in [0.5, 0.6) is 0 Å². The molecular formula is C8HF5S2. The third-order valence-corrected chi connectivity index (χ3v) is 3.67. The maximum atomic E-state index is 13.0. The number of thiophene rings is 2. The van der Waals surface area contributed by atoms with Crippen LogP contribution in [0, 0.1) is 28.4 Å². The van der Waals surface area contributed by atoms with Gasteiger partial charge in [0.2, 0.25) is 10.9 Å². The van der Waals surface area contributed by atoms with Crippen LogP contribution >= 0.6 is 22.7 Å². The third-order valence-electron chi connectivity index (χ3n) is 1.65. The zero-order valence-electron chi connectivity index (χ0n) is 6.78. The number of hydrogen-bond acceptors (Lipinski definition) is 2. The fourth-order valence-corrected chi connectivity index (χ4v) is 2.70. The highest BCUT2D eigenvalue weighted by Gasteiger charge is 2.24. The number of rotatable bonds is 1. The van der Waals surface area contributed by atoms with Gasteiger partial charge in [0.15, 0.2) is 17.5 Å². The minimum Gasteiger partial charge on any atom is -0.203 e. The summed E-state index contributed by atoms with van der Waals surface area (Å²) in [4.78, 5) is -0.991. The van der Waals surface area contributed by atoms with E-state index in [1.807, 2.05) is 0 Å². The lowest BCUT2D eigenvalue weighted by Gasteiger charge is -1.91. The first-order valence-electron chi connectivity index (χ1n) is 3.58. The molecule has 0 spiro atoms.